The highest BCUT2D eigenvalue weighted by Gasteiger charge is 2.15. The first kappa shape index (κ1) is 11.9. The van der Waals surface area contributed by atoms with E-state index in [0.717, 1.165) is 12.1 Å². The van der Waals surface area contributed by atoms with Gasteiger partial charge in [0.15, 0.2) is 0 Å². The van der Waals surface area contributed by atoms with E-state index in [2.05, 4.69) is 29.6 Å². The van der Waals surface area contributed by atoms with Gasteiger partial charge in [-0.25, -0.2) is 4.79 Å². The molecule has 0 bridgehead atoms. The molecular weight excluding hydrogens is 214 g/mol. The molecule has 2 N–H and O–H groups in total. The normalized spacial score (nSPS) is 19.9. The lowest BCUT2D eigenvalue weighted by Crippen LogP contribution is -2.12. The zero-order valence-corrected chi connectivity index (χ0v) is 9.73. The summed E-state index contributed by atoms with van der Waals surface area (Å²) in [6.07, 6.45) is 5.98. The minimum Gasteiger partial charge on any atom is -0.478 e. The lowest BCUT2D eigenvalue weighted by molar-refractivity contribution is -0.131. The fraction of sp³-hybridized carbons (Fsp3) is 0.357. The van der Waals surface area contributed by atoms with Crippen molar-refractivity contribution in [1.29, 1.82) is 0 Å². The lowest BCUT2D eigenvalue weighted by atomic mass is 10.0. The third kappa shape index (κ3) is 3.43. The molecule has 1 aliphatic heterocycles. The van der Waals surface area contributed by atoms with Crippen LogP contribution < -0.4 is 5.32 Å². The Morgan fingerprint density at radius 1 is 1.41 bits per heavy atom. The van der Waals surface area contributed by atoms with E-state index < -0.39 is 5.97 Å². The summed E-state index contributed by atoms with van der Waals surface area (Å²) < 4.78 is 0. The molecule has 1 unspecified atom stereocenters. The zero-order chi connectivity index (χ0) is 12.1. The summed E-state index contributed by atoms with van der Waals surface area (Å²) in [6.45, 7) is 1.10. The second kappa shape index (κ2) is 5.64. The second-order valence-electron chi connectivity index (χ2n) is 4.34. The maximum Gasteiger partial charge on any atom is 0.327 e. The van der Waals surface area contributed by atoms with E-state index in [0.29, 0.717) is 12.5 Å². The topological polar surface area (TPSA) is 49.3 Å². The third-order valence-electron chi connectivity index (χ3n) is 3.06. The molecule has 0 amide bonds. The number of allylic oxidation sites excluding steroid dienone is 1. The molecule has 1 fully saturated rings. The van der Waals surface area contributed by atoms with Gasteiger partial charge in [-0.2, -0.15) is 0 Å². The van der Waals surface area contributed by atoms with E-state index >= 15 is 0 Å². The molecule has 3 nitrogen and oxygen atoms in total. The number of carboxylic acid groups (broad SMARTS) is 1. The molecule has 3 heteroatoms. The number of aliphatic carboxylic acids is 1. The number of carbonyl (C=O) groups is 1. The van der Waals surface area contributed by atoms with Crippen molar-refractivity contribution >= 4 is 5.97 Å². The molecule has 1 atom stereocenters. The van der Waals surface area contributed by atoms with Gasteiger partial charge in [0.25, 0.3) is 0 Å². The SMILES string of the molecule is O=C(O)/C=C/Cc1ccc(C2CCCN2)cc1. The highest BCUT2D eigenvalue weighted by Crippen LogP contribution is 2.23. The van der Waals surface area contributed by atoms with E-state index in [-0.39, 0.29) is 0 Å². The van der Waals surface area contributed by atoms with E-state index in [1.54, 1.807) is 6.08 Å². The number of hydrogen-bond acceptors (Lipinski definition) is 2. The van der Waals surface area contributed by atoms with Crippen molar-refractivity contribution in [2.45, 2.75) is 25.3 Å². The second-order valence-corrected chi connectivity index (χ2v) is 4.34. The molecule has 0 saturated carbocycles. The van der Waals surface area contributed by atoms with E-state index in [9.17, 15) is 4.79 Å². The van der Waals surface area contributed by atoms with Gasteiger partial charge in [0.05, 0.1) is 0 Å². The number of benzene rings is 1. The summed E-state index contributed by atoms with van der Waals surface area (Å²) in [5.41, 5.74) is 2.47. The van der Waals surface area contributed by atoms with Crippen molar-refractivity contribution in [2.24, 2.45) is 0 Å². The van der Waals surface area contributed by atoms with Crippen LogP contribution in [0.15, 0.2) is 36.4 Å². The Balaban J connectivity index is 1.95. The van der Waals surface area contributed by atoms with Crippen LogP contribution in [0.1, 0.15) is 30.0 Å². The molecule has 0 aromatic heterocycles. The van der Waals surface area contributed by atoms with Crippen LogP contribution >= 0.6 is 0 Å². The maximum atomic E-state index is 10.3. The van der Waals surface area contributed by atoms with Crippen molar-refractivity contribution in [3.8, 4) is 0 Å². The van der Waals surface area contributed by atoms with E-state index in [4.69, 9.17) is 5.11 Å². The van der Waals surface area contributed by atoms with Gasteiger partial charge < -0.3 is 10.4 Å². The Kier molecular flexibility index (Phi) is 3.94. The molecule has 1 aromatic carbocycles. The number of rotatable bonds is 4. The first-order chi connectivity index (χ1) is 8.25. The Hall–Kier alpha value is -1.61. The summed E-state index contributed by atoms with van der Waals surface area (Å²) in [5.74, 6) is -0.892. The number of hydrogen-bond donors (Lipinski definition) is 2. The molecule has 2 rings (SSSR count). The molecule has 0 aliphatic carbocycles. The fourth-order valence-electron chi connectivity index (χ4n) is 2.15. The van der Waals surface area contributed by atoms with Gasteiger partial charge in [0, 0.05) is 12.1 Å². The average Bonchev–Trinajstić information content (AvgIpc) is 2.83. The zero-order valence-electron chi connectivity index (χ0n) is 9.73. The molecule has 90 valence electrons. The standard InChI is InChI=1S/C14H17NO2/c16-14(17)5-1-3-11-6-8-12(9-7-11)13-4-2-10-15-13/h1,5-9,13,15H,2-4,10H2,(H,16,17)/b5-1+. The molecule has 0 radical (unpaired) electrons. The molecule has 0 spiro atoms. The maximum absolute atomic E-state index is 10.3. The van der Waals surface area contributed by atoms with Crippen LogP contribution in [0.5, 0.6) is 0 Å². The molecule has 1 heterocycles. The molecule has 1 aromatic rings. The summed E-state index contributed by atoms with van der Waals surface area (Å²) >= 11 is 0. The van der Waals surface area contributed by atoms with Crippen LogP contribution in [0, 0.1) is 0 Å². The Morgan fingerprint density at radius 3 is 2.76 bits per heavy atom. The monoisotopic (exact) mass is 231 g/mol. The summed E-state index contributed by atoms with van der Waals surface area (Å²) in [5, 5.41) is 11.9. The Bertz CT molecular complexity index is 403. The Labute approximate surface area is 101 Å². The number of carboxylic acids is 1. The van der Waals surface area contributed by atoms with Gasteiger partial charge in [0.2, 0.25) is 0 Å². The van der Waals surface area contributed by atoms with Crippen LogP contribution in [0.4, 0.5) is 0 Å². The largest absolute Gasteiger partial charge is 0.478 e. The van der Waals surface area contributed by atoms with Crippen LogP contribution in [-0.4, -0.2) is 17.6 Å². The summed E-state index contributed by atoms with van der Waals surface area (Å²) in [6, 6.07) is 8.90. The van der Waals surface area contributed by atoms with Crippen molar-refractivity contribution in [3.63, 3.8) is 0 Å². The van der Waals surface area contributed by atoms with Crippen molar-refractivity contribution in [3.05, 3.63) is 47.5 Å². The molecule has 1 aliphatic rings. The van der Waals surface area contributed by atoms with E-state index in [1.807, 2.05) is 0 Å². The minimum absolute atomic E-state index is 0.499. The van der Waals surface area contributed by atoms with Gasteiger partial charge in [0.1, 0.15) is 0 Å². The predicted molar refractivity (Wildman–Crippen MR) is 66.9 cm³/mol. The number of nitrogens with one attached hydrogen (secondary N) is 1. The van der Waals surface area contributed by atoms with Gasteiger partial charge in [-0.15, -0.1) is 0 Å². The van der Waals surface area contributed by atoms with Crippen molar-refractivity contribution < 1.29 is 9.90 Å². The fourth-order valence-corrected chi connectivity index (χ4v) is 2.15. The van der Waals surface area contributed by atoms with Crippen molar-refractivity contribution in [1.82, 2.24) is 5.32 Å². The summed E-state index contributed by atoms with van der Waals surface area (Å²) in [7, 11) is 0. The van der Waals surface area contributed by atoms with Crippen molar-refractivity contribution in [2.75, 3.05) is 6.54 Å². The smallest absolute Gasteiger partial charge is 0.327 e. The van der Waals surface area contributed by atoms with Crippen LogP contribution in [0.2, 0.25) is 0 Å². The predicted octanol–water partition coefficient (Wildman–Crippen LogP) is 2.29. The van der Waals surface area contributed by atoms with Gasteiger partial charge in [-0.3, -0.25) is 0 Å². The first-order valence-electron chi connectivity index (χ1n) is 5.97. The van der Waals surface area contributed by atoms with Gasteiger partial charge in [-0.05, 0) is 36.9 Å². The highest BCUT2D eigenvalue weighted by atomic mass is 16.4. The Morgan fingerprint density at radius 2 is 2.18 bits per heavy atom. The molecule has 1 saturated heterocycles. The van der Waals surface area contributed by atoms with Crippen LogP contribution in [0.3, 0.4) is 0 Å². The highest BCUT2D eigenvalue weighted by molar-refractivity contribution is 5.79. The van der Waals surface area contributed by atoms with Crippen LogP contribution in [0.25, 0.3) is 0 Å². The van der Waals surface area contributed by atoms with Crippen LogP contribution in [-0.2, 0) is 11.2 Å². The molecular formula is C14H17NO2. The first-order valence-corrected chi connectivity index (χ1v) is 5.97. The summed E-state index contributed by atoms with van der Waals surface area (Å²) in [4.78, 5) is 10.3. The van der Waals surface area contributed by atoms with Gasteiger partial charge >= 0.3 is 5.97 Å². The quantitative estimate of drug-likeness (QED) is 0.782. The molecule has 17 heavy (non-hydrogen) atoms. The van der Waals surface area contributed by atoms with E-state index in [1.165, 1.54) is 24.5 Å². The van der Waals surface area contributed by atoms with Gasteiger partial charge in [-0.1, -0.05) is 30.3 Å². The minimum atomic E-state index is -0.892. The lowest BCUT2D eigenvalue weighted by Gasteiger charge is -2.10. The average molecular weight is 231 g/mol. The third-order valence-corrected chi connectivity index (χ3v) is 3.06.